The van der Waals surface area contributed by atoms with Crippen LogP contribution in [0.1, 0.15) is 0 Å². The van der Waals surface area contributed by atoms with Crippen molar-refractivity contribution in [3.05, 3.63) is 30.6 Å². The van der Waals surface area contributed by atoms with E-state index in [9.17, 15) is 4.79 Å². The minimum Gasteiger partial charge on any atom is -0.453 e. The molecule has 72 valence electrons. The third-order valence-electron chi connectivity index (χ3n) is 1.84. The Labute approximate surface area is 80.3 Å². The molecule has 14 heavy (non-hydrogen) atoms. The quantitative estimate of drug-likeness (QED) is 0.743. The predicted molar refractivity (Wildman–Crippen MR) is 51.2 cm³/mol. The molecule has 1 amide bonds. The zero-order chi connectivity index (χ0) is 9.97. The lowest BCUT2D eigenvalue weighted by atomic mass is 10.4. The zero-order valence-corrected chi connectivity index (χ0v) is 7.60. The van der Waals surface area contributed by atoms with Crippen LogP contribution >= 0.6 is 0 Å². The van der Waals surface area contributed by atoms with Crippen LogP contribution in [-0.4, -0.2) is 22.6 Å². The van der Waals surface area contributed by atoms with Crippen LogP contribution in [0.5, 0.6) is 0 Å². The number of hydrogen-bond acceptors (Lipinski definition) is 3. The van der Waals surface area contributed by atoms with Crippen molar-refractivity contribution in [3.63, 3.8) is 0 Å². The van der Waals surface area contributed by atoms with E-state index in [0.29, 0.717) is 5.95 Å². The smallest absolute Gasteiger partial charge is 0.413 e. The molecular weight excluding hydrogens is 182 g/mol. The first kappa shape index (κ1) is 8.55. The summed E-state index contributed by atoms with van der Waals surface area (Å²) >= 11 is 0. The van der Waals surface area contributed by atoms with Gasteiger partial charge in [0.25, 0.3) is 0 Å². The Morgan fingerprint density at radius 3 is 3.21 bits per heavy atom. The number of amides is 1. The second-order valence-corrected chi connectivity index (χ2v) is 2.69. The van der Waals surface area contributed by atoms with Gasteiger partial charge in [0.1, 0.15) is 0 Å². The molecule has 0 aliphatic heterocycles. The SMILES string of the molecule is COC(=O)Nc1ncc2ccccn12. The van der Waals surface area contributed by atoms with Gasteiger partial charge in [0.05, 0.1) is 18.8 Å². The number of imidazole rings is 1. The Hall–Kier alpha value is -2.04. The molecule has 5 nitrogen and oxygen atoms in total. The van der Waals surface area contributed by atoms with Gasteiger partial charge in [-0.05, 0) is 12.1 Å². The number of hydrogen-bond donors (Lipinski definition) is 1. The molecule has 0 spiro atoms. The Morgan fingerprint density at radius 1 is 1.57 bits per heavy atom. The molecule has 0 saturated carbocycles. The monoisotopic (exact) mass is 191 g/mol. The highest BCUT2D eigenvalue weighted by Gasteiger charge is 2.05. The number of pyridine rings is 1. The molecule has 5 heteroatoms. The number of anilines is 1. The van der Waals surface area contributed by atoms with Gasteiger partial charge in [0, 0.05) is 6.20 Å². The largest absolute Gasteiger partial charge is 0.453 e. The molecular formula is C9H9N3O2. The first-order valence-electron chi connectivity index (χ1n) is 4.08. The van der Waals surface area contributed by atoms with Gasteiger partial charge in [0.15, 0.2) is 0 Å². The van der Waals surface area contributed by atoms with Gasteiger partial charge < -0.3 is 4.74 Å². The summed E-state index contributed by atoms with van der Waals surface area (Å²) in [6, 6.07) is 5.66. The molecule has 1 N–H and O–H groups in total. The van der Waals surface area contributed by atoms with Crippen molar-refractivity contribution in [1.82, 2.24) is 9.38 Å². The number of aromatic nitrogens is 2. The Kier molecular flexibility index (Phi) is 2.06. The van der Waals surface area contributed by atoms with Crippen LogP contribution in [0.3, 0.4) is 0 Å². The van der Waals surface area contributed by atoms with Gasteiger partial charge in [-0.3, -0.25) is 9.72 Å². The topological polar surface area (TPSA) is 55.6 Å². The van der Waals surface area contributed by atoms with E-state index in [1.807, 2.05) is 24.4 Å². The van der Waals surface area contributed by atoms with Gasteiger partial charge in [-0.15, -0.1) is 0 Å². The summed E-state index contributed by atoms with van der Waals surface area (Å²) in [5, 5.41) is 2.51. The van der Waals surface area contributed by atoms with Gasteiger partial charge in [0.2, 0.25) is 5.95 Å². The summed E-state index contributed by atoms with van der Waals surface area (Å²) in [4.78, 5) is 15.0. The van der Waals surface area contributed by atoms with Gasteiger partial charge >= 0.3 is 6.09 Å². The van der Waals surface area contributed by atoms with Crippen molar-refractivity contribution in [3.8, 4) is 0 Å². The summed E-state index contributed by atoms with van der Waals surface area (Å²) < 4.78 is 6.23. The fourth-order valence-electron chi connectivity index (χ4n) is 1.18. The Balaban J connectivity index is 2.38. The minimum absolute atomic E-state index is 0.451. The van der Waals surface area contributed by atoms with E-state index in [1.165, 1.54) is 7.11 Å². The van der Waals surface area contributed by atoms with Crippen molar-refractivity contribution < 1.29 is 9.53 Å². The highest BCUT2D eigenvalue weighted by Crippen LogP contribution is 2.10. The molecule has 0 atom stereocenters. The Bertz CT molecular complexity index is 464. The van der Waals surface area contributed by atoms with E-state index in [-0.39, 0.29) is 0 Å². The van der Waals surface area contributed by atoms with Crippen LogP contribution in [0, 0.1) is 0 Å². The normalized spacial score (nSPS) is 10.1. The predicted octanol–water partition coefficient (Wildman–Crippen LogP) is 1.51. The third-order valence-corrected chi connectivity index (χ3v) is 1.84. The first-order valence-corrected chi connectivity index (χ1v) is 4.08. The van der Waals surface area contributed by atoms with E-state index >= 15 is 0 Å². The lowest BCUT2D eigenvalue weighted by molar-refractivity contribution is 0.186. The summed E-state index contributed by atoms with van der Waals surface area (Å²) in [6.45, 7) is 0. The standard InChI is InChI=1S/C9H9N3O2/c1-14-9(13)11-8-10-6-7-4-2-3-5-12(7)8/h2-6H,1H3,(H,10,11,13). The second-order valence-electron chi connectivity index (χ2n) is 2.69. The number of nitrogens with one attached hydrogen (secondary N) is 1. The number of carbonyl (C=O) groups is 1. The van der Waals surface area contributed by atoms with Crippen LogP contribution in [0.25, 0.3) is 5.52 Å². The number of nitrogens with zero attached hydrogens (tertiary/aromatic N) is 2. The molecule has 0 saturated heterocycles. The maximum atomic E-state index is 10.9. The molecule has 2 aromatic heterocycles. The molecule has 0 aliphatic rings. The third kappa shape index (κ3) is 1.39. The van der Waals surface area contributed by atoms with Crippen LogP contribution < -0.4 is 5.32 Å². The lowest BCUT2D eigenvalue weighted by Crippen LogP contribution is -2.13. The summed E-state index contributed by atoms with van der Waals surface area (Å²) in [5.74, 6) is 0.451. The van der Waals surface area contributed by atoms with Gasteiger partial charge in [-0.25, -0.2) is 9.78 Å². The minimum atomic E-state index is -0.527. The van der Waals surface area contributed by atoms with Crippen molar-refractivity contribution in [2.24, 2.45) is 0 Å². The average molecular weight is 191 g/mol. The van der Waals surface area contributed by atoms with Crippen molar-refractivity contribution in [2.75, 3.05) is 12.4 Å². The summed E-state index contributed by atoms with van der Waals surface area (Å²) in [5.41, 5.74) is 0.916. The molecule has 0 aromatic carbocycles. The number of rotatable bonds is 1. The number of fused-ring (bicyclic) bond motifs is 1. The zero-order valence-electron chi connectivity index (χ0n) is 7.60. The molecule has 2 rings (SSSR count). The highest BCUT2D eigenvalue weighted by atomic mass is 16.5. The maximum absolute atomic E-state index is 10.9. The number of ether oxygens (including phenoxy) is 1. The highest BCUT2D eigenvalue weighted by molar-refractivity contribution is 5.82. The fraction of sp³-hybridized carbons (Fsp3) is 0.111. The molecule has 2 aromatic rings. The first-order chi connectivity index (χ1) is 6.81. The van der Waals surface area contributed by atoms with Crippen LogP contribution in [0.4, 0.5) is 10.7 Å². The molecule has 2 heterocycles. The molecule has 0 bridgehead atoms. The number of carbonyl (C=O) groups excluding carboxylic acids is 1. The molecule has 0 aliphatic carbocycles. The van der Waals surface area contributed by atoms with E-state index in [1.54, 1.807) is 10.6 Å². The van der Waals surface area contributed by atoms with E-state index < -0.39 is 6.09 Å². The van der Waals surface area contributed by atoms with Crippen LogP contribution in [-0.2, 0) is 4.74 Å². The molecule has 0 unspecified atom stereocenters. The summed E-state index contributed by atoms with van der Waals surface area (Å²) in [7, 11) is 1.31. The molecule has 0 radical (unpaired) electrons. The van der Waals surface area contributed by atoms with Crippen molar-refractivity contribution >= 4 is 17.6 Å². The van der Waals surface area contributed by atoms with Crippen molar-refractivity contribution in [2.45, 2.75) is 0 Å². The van der Waals surface area contributed by atoms with E-state index in [4.69, 9.17) is 0 Å². The van der Waals surface area contributed by atoms with Crippen molar-refractivity contribution in [1.29, 1.82) is 0 Å². The van der Waals surface area contributed by atoms with Crippen LogP contribution in [0.2, 0.25) is 0 Å². The van der Waals surface area contributed by atoms with Gasteiger partial charge in [-0.1, -0.05) is 6.07 Å². The van der Waals surface area contributed by atoms with Crippen LogP contribution in [0.15, 0.2) is 30.6 Å². The second kappa shape index (κ2) is 3.37. The lowest BCUT2D eigenvalue weighted by Gasteiger charge is -2.01. The fourth-order valence-corrected chi connectivity index (χ4v) is 1.18. The van der Waals surface area contributed by atoms with Gasteiger partial charge in [-0.2, -0.15) is 0 Å². The van der Waals surface area contributed by atoms with E-state index in [2.05, 4.69) is 15.0 Å². The number of methoxy groups -OCH3 is 1. The maximum Gasteiger partial charge on any atom is 0.413 e. The molecule has 0 fully saturated rings. The average Bonchev–Trinajstić information content (AvgIpc) is 2.62. The summed E-state index contributed by atoms with van der Waals surface area (Å²) in [6.07, 6.45) is 2.96. The van der Waals surface area contributed by atoms with E-state index in [0.717, 1.165) is 5.52 Å². The Morgan fingerprint density at radius 2 is 2.43 bits per heavy atom.